The Morgan fingerprint density at radius 3 is 2.30 bits per heavy atom. The van der Waals surface area contributed by atoms with Crippen LogP contribution in [0.15, 0.2) is 18.5 Å². The van der Waals surface area contributed by atoms with Crippen molar-refractivity contribution in [2.75, 3.05) is 7.05 Å². The minimum atomic E-state index is 0.402. The summed E-state index contributed by atoms with van der Waals surface area (Å²) in [5.74, 6) is 4.82. The maximum Gasteiger partial charge on any atom is 0.0315 e. The van der Waals surface area contributed by atoms with Gasteiger partial charge >= 0.3 is 0 Å². The van der Waals surface area contributed by atoms with Crippen LogP contribution in [0.2, 0.25) is 0 Å². The maximum atomic E-state index is 4.55. The number of nitrogens with zero attached hydrogens (tertiary/aromatic N) is 1. The molecule has 1 atom stereocenters. The van der Waals surface area contributed by atoms with Gasteiger partial charge in [0.2, 0.25) is 0 Å². The van der Waals surface area contributed by atoms with E-state index < -0.39 is 0 Å². The zero-order valence-electron chi connectivity index (χ0n) is 12.7. The lowest BCUT2D eigenvalue weighted by molar-refractivity contribution is -0.00291. The average Bonchev–Trinajstić information content (AvgIpc) is 2.45. The van der Waals surface area contributed by atoms with Crippen molar-refractivity contribution in [2.45, 2.75) is 51.0 Å². The van der Waals surface area contributed by atoms with Crippen molar-refractivity contribution in [2.24, 2.45) is 23.7 Å². The molecule has 0 amide bonds. The van der Waals surface area contributed by atoms with Gasteiger partial charge in [-0.2, -0.15) is 0 Å². The first-order chi connectivity index (χ1) is 9.74. The van der Waals surface area contributed by atoms with Gasteiger partial charge in [-0.25, -0.2) is 0 Å². The smallest absolute Gasteiger partial charge is 0.0315 e. The van der Waals surface area contributed by atoms with Gasteiger partial charge in [0.05, 0.1) is 0 Å². The number of nitrogens with one attached hydrogen (secondary N) is 1. The second-order valence-corrected chi connectivity index (χ2v) is 7.52. The highest BCUT2D eigenvalue weighted by Crippen LogP contribution is 2.59. The summed E-state index contributed by atoms with van der Waals surface area (Å²) < 4.78 is 0. The molecule has 2 heteroatoms. The first kappa shape index (κ1) is 12.8. The van der Waals surface area contributed by atoms with E-state index in [4.69, 9.17) is 0 Å². The van der Waals surface area contributed by atoms with Gasteiger partial charge in [-0.1, -0.05) is 6.07 Å². The summed E-state index contributed by atoms with van der Waals surface area (Å²) >= 11 is 0. The van der Waals surface area contributed by atoms with Crippen molar-refractivity contribution in [3.8, 4) is 0 Å². The Morgan fingerprint density at radius 1 is 1.05 bits per heavy atom. The Kier molecular flexibility index (Phi) is 3.10. The molecule has 4 saturated carbocycles. The molecule has 1 aromatic rings. The van der Waals surface area contributed by atoms with E-state index in [-0.39, 0.29) is 0 Å². The molecule has 4 aliphatic rings. The van der Waals surface area contributed by atoms with E-state index in [1.807, 2.05) is 13.2 Å². The van der Waals surface area contributed by atoms with Crippen LogP contribution in [-0.4, -0.2) is 12.0 Å². The van der Waals surface area contributed by atoms with E-state index >= 15 is 0 Å². The molecule has 108 valence electrons. The molecule has 1 N–H and O–H groups in total. The van der Waals surface area contributed by atoms with Crippen LogP contribution in [0, 0.1) is 23.7 Å². The molecule has 0 aromatic carbocycles. The predicted octanol–water partition coefficient (Wildman–Crippen LogP) is 3.90. The topological polar surface area (TPSA) is 24.9 Å². The van der Waals surface area contributed by atoms with Crippen LogP contribution in [0.1, 0.15) is 62.1 Å². The number of rotatable bonds is 3. The van der Waals surface area contributed by atoms with Gasteiger partial charge in [0, 0.05) is 18.4 Å². The Labute approximate surface area is 122 Å². The van der Waals surface area contributed by atoms with Crippen molar-refractivity contribution in [3.05, 3.63) is 29.6 Å². The van der Waals surface area contributed by atoms with E-state index in [2.05, 4.69) is 29.5 Å². The van der Waals surface area contributed by atoms with Gasteiger partial charge in [-0.15, -0.1) is 0 Å². The Bertz CT molecular complexity index is 468. The highest BCUT2D eigenvalue weighted by molar-refractivity contribution is 5.27. The summed E-state index contributed by atoms with van der Waals surface area (Å²) in [6.45, 7) is 2.22. The number of hydrogen-bond donors (Lipinski definition) is 1. The van der Waals surface area contributed by atoms with Crippen LogP contribution in [0.3, 0.4) is 0 Å². The molecule has 4 fully saturated rings. The van der Waals surface area contributed by atoms with E-state index in [9.17, 15) is 0 Å². The average molecular weight is 270 g/mol. The van der Waals surface area contributed by atoms with Crippen LogP contribution in [0.4, 0.5) is 0 Å². The second kappa shape index (κ2) is 4.84. The molecule has 20 heavy (non-hydrogen) atoms. The SMILES string of the molecule is CNC(C)c1cncc(C2C3CC4CC(C3)CC2C4)c1. The molecule has 1 unspecified atom stereocenters. The molecular weight excluding hydrogens is 244 g/mol. The third-order valence-electron chi connectivity index (χ3n) is 6.33. The van der Waals surface area contributed by atoms with Crippen LogP contribution in [0.25, 0.3) is 0 Å². The van der Waals surface area contributed by atoms with Gasteiger partial charge in [-0.05, 0) is 86.8 Å². The zero-order valence-corrected chi connectivity index (χ0v) is 12.7. The summed E-state index contributed by atoms with van der Waals surface area (Å²) in [5, 5.41) is 3.34. The largest absolute Gasteiger partial charge is 0.313 e. The Hall–Kier alpha value is -0.890. The molecule has 0 spiro atoms. The second-order valence-electron chi connectivity index (χ2n) is 7.52. The van der Waals surface area contributed by atoms with Crippen LogP contribution in [0.5, 0.6) is 0 Å². The van der Waals surface area contributed by atoms with Crippen molar-refractivity contribution in [3.63, 3.8) is 0 Å². The summed E-state index contributed by atoms with van der Waals surface area (Å²) in [7, 11) is 2.03. The minimum absolute atomic E-state index is 0.402. The van der Waals surface area contributed by atoms with E-state index in [1.165, 1.54) is 43.2 Å². The molecular formula is C18H26N2. The molecule has 1 heterocycles. The fourth-order valence-electron chi connectivity index (χ4n) is 5.53. The quantitative estimate of drug-likeness (QED) is 0.901. The van der Waals surface area contributed by atoms with Crippen LogP contribution in [-0.2, 0) is 0 Å². The van der Waals surface area contributed by atoms with E-state index in [0.29, 0.717) is 6.04 Å². The minimum Gasteiger partial charge on any atom is -0.313 e. The van der Waals surface area contributed by atoms with Crippen molar-refractivity contribution < 1.29 is 0 Å². The molecule has 0 saturated heterocycles. The van der Waals surface area contributed by atoms with Crippen molar-refractivity contribution in [1.29, 1.82) is 0 Å². The fourth-order valence-corrected chi connectivity index (χ4v) is 5.53. The van der Waals surface area contributed by atoms with Crippen LogP contribution >= 0.6 is 0 Å². The maximum absolute atomic E-state index is 4.55. The van der Waals surface area contributed by atoms with E-state index in [1.54, 1.807) is 0 Å². The predicted molar refractivity (Wildman–Crippen MR) is 81.5 cm³/mol. The van der Waals surface area contributed by atoms with Crippen molar-refractivity contribution >= 4 is 0 Å². The Morgan fingerprint density at radius 2 is 1.70 bits per heavy atom. The third kappa shape index (κ3) is 2.00. The number of aromatic nitrogens is 1. The summed E-state index contributed by atoms with van der Waals surface area (Å²) in [6.07, 6.45) is 11.7. The highest BCUT2D eigenvalue weighted by Gasteiger charge is 2.48. The summed E-state index contributed by atoms with van der Waals surface area (Å²) in [5.41, 5.74) is 2.87. The van der Waals surface area contributed by atoms with Gasteiger partial charge in [0.25, 0.3) is 0 Å². The van der Waals surface area contributed by atoms with Gasteiger partial charge < -0.3 is 5.32 Å². The molecule has 1 aromatic heterocycles. The zero-order chi connectivity index (χ0) is 13.7. The first-order valence-corrected chi connectivity index (χ1v) is 8.36. The number of hydrogen-bond acceptors (Lipinski definition) is 2. The number of pyridine rings is 1. The molecule has 4 bridgehead atoms. The van der Waals surface area contributed by atoms with Gasteiger partial charge in [0.1, 0.15) is 0 Å². The fraction of sp³-hybridized carbons (Fsp3) is 0.722. The molecule has 0 aliphatic heterocycles. The Balaban J connectivity index is 1.64. The van der Waals surface area contributed by atoms with Gasteiger partial charge in [0.15, 0.2) is 0 Å². The van der Waals surface area contributed by atoms with Crippen molar-refractivity contribution in [1.82, 2.24) is 10.3 Å². The third-order valence-corrected chi connectivity index (χ3v) is 6.33. The monoisotopic (exact) mass is 270 g/mol. The molecule has 0 radical (unpaired) electrons. The van der Waals surface area contributed by atoms with E-state index in [0.717, 1.165) is 29.6 Å². The molecule has 5 rings (SSSR count). The van der Waals surface area contributed by atoms with Gasteiger partial charge in [-0.3, -0.25) is 4.98 Å². The lowest BCUT2D eigenvalue weighted by Crippen LogP contribution is -2.43. The standard InChI is InChI=1S/C18H26N2/c1-11(19-2)16-8-17(10-20-9-16)18-14-4-12-3-13(6-14)7-15(18)5-12/h8-15,18-19H,3-7H2,1-2H3. The lowest BCUT2D eigenvalue weighted by Gasteiger charge is -2.54. The highest BCUT2D eigenvalue weighted by atomic mass is 14.9. The molecule has 4 aliphatic carbocycles. The lowest BCUT2D eigenvalue weighted by atomic mass is 9.51. The summed E-state index contributed by atoms with van der Waals surface area (Å²) in [4.78, 5) is 4.55. The van der Waals surface area contributed by atoms with Crippen LogP contribution < -0.4 is 5.32 Å². The molecule has 2 nitrogen and oxygen atoms in total. The normalized spacial score (nSPS) is 40.0. The first-order valence-electron chi connectivity index (χ1n) is 8.36. The summed E-state index contributed by atoms with van der Waals surface area (Å²) in [6, 6.07) is 2.83.